The van der Waals surface area contributed by atoms with Gasteiger partial charge in [-0.15, -0.1) is 0 Å². The molecule has 0 radical (unpaired) electrons. The van der Waals surface area contributed by atoms with Crippen LogP contribution in [0.3, 0.4) is 0 Å². The summed E-state index contributed by atoms with van der Waals surface area (Å²) in [6, 6.07) is 3.68. The molecule has 6 nitrogen and oxygen atoms in total. The standard InChI is InChI=1S/C15H22N2O4/c18-14(19)4-3-12-6-9-17(10-7-12)15(20)16-8-5-13-2-1-11-21-13/h1-2,11-12H,3-10H2,(H,16,20)(H,18,19). The lowest BCUT2D eigenvalue weighted by Gasteiger charge is -2.31. The molecular weight excluding hydrogens is 272 g/mol. The minimum absolute atomic E-state index is 0.0433. The Morgan fingerprint density at radius 1 is 1.38 bits per heavy atom. The van der Waals surface area contributed by atoms with Crippen molar-refractivity contribution in [2.45, 2.75) is 32.1 Å². The molecule has 1 aliphatic heterocycles. The summed E-state index contributed by atoms with van der Waals surface area (Å²) >= 11 is 0. The first-order valence-corrected chi connectivity index (χ1v) is 7.42. The third-order valence-electron chi connectivity index (χ3n) is 3.90. The maximum atomic E-state index is 12.0. The number of hydrogen-bond donors (Lipinski definition) is 2. The first kappa shape index (κ1) is 15.4. The lowest BCUT2D eigenvalue weighted by Crippen LogP contribution is -2.45. The van der Waals surface area contributed by atoms with Crippen molar-refractivity contribution in [1.29, 1.82) is 0 Å². The molecule has 1 fully saturated rings. The number of carbonyl (C=O) groups excluding carboxylic acids is 1. The number of likely N-dealkylation sites (tertiary alicyclic amines) is 1. The zero-order valence-corrected chi connectivity index (χ0v) is 12.1. The highest BCUT2D eigenvalue weighted by Gasteiger charge is 2.22. The summed E-state index contributed by atoms with van der Waals surface area (Å²) < 4.78 is 5.21. The highest BCUT2D eigenvalue weighted by atomic mass is 16.4. The number of carboxylic acids is 1. The van der Waals surface area contributed by atoms with Crippen molar-refractivity contribution < 1.29 is 19.1 Å². The number of aliphatic carboxylic acids is 1. The Kier molecular flexibility index (Phi) is 5.66. The normalized spacial score (nSPS) is 15.9. The molecule has 2 rings (SSSR count). The minimum atomic E-state index is -0.743. The number of amides is 2. The molecule has 21 heavy (non-hydrogen) atoms. The van der Waals surface area contributed by atoms with Crippen molar-refractivity contribution >= 4 is 12.0 Å². The fourth-order valence-electron chi connectivity index (χ4n) is 2.61. The monoisotopic (exact) mass is 294 g/mol. The number of rotatable bonds is 6. The smallest absolute Gasteiger partial charge is 0.317 e. The maximum absolute atomic E-state index is 12.0. The van der Waals surface area contributed by atoms with Gasteiger partial charge in [0.25, 0.3) is 0 Å². The van der Waals surface area contributed by atoms with Crippen LogP contribution in [-0.4, -0.2) is 41.6 Å². The van der Waals surface area contributed by atoms with Gasteiger partial charge in [-0.25, -0.2) is 4.79 Å². The average molecular weight is 294 g/mol. The molecule has 0 bridgehead atoms. The van der Waals surface area contributed by atoms with Crippen molar-refractivity contribution in [2.24, 2.45) is 5.92 Å². The Bertz CT molecular complexity index is 450. The van der Waals surface area contributed by atoms with Gasteiger partial charge in [0.15, 0.2) is 0 Å². The second kappa shape index (κ2) is 7.71. The van der Waals surface area contributed by atoms with Gasteiger partial charge in [0.05, 0.1) is 6.26 Å². The maximum Gasteiger partial charge on any atom is 0.317 e. The molecule has 1 aromatic rings. The van der Waals surface area contributed by atoms with Crippen LogP contribution in [0.15, 0.2) is 22.8 Å². The molecule has 0 spiro atoms. The molecule has 1 saturated heterocycles. The summed E-state index contributed by atoms with van der Waals surface area (Å²) in [5.41, 5.74) is 0. The van der Waals surface area contributed by atoms with Crippen molar-refractivity contribution in [3.63, 3.8) is 0 Å². The minimum Gasteiger partial charge on any atom is -0.481 e. The predicted octanol–water partition coefficient (Wildman–Crippen LogP) is 2.11. The molecule has 0 aromatic carbocycles. The van der Waals surface area contributed by atoms with Crippen LogP contribution in [0.5, 0.6) is 0 Å². The molecule has 1 aromatic heterocycles. The third-order valence-corrected chi connectivity index (χ3v) is 3.90. The number of furan rings is 1. The van der Waals surface area contributed by atoms with E-state index in [0.717, 1.165) is 18.6 Å². The second-order valence-corrected chi connectivity index (χ2v) is 5.42. The number of nitrogens with one attached hydrogen (secondary N) is 1. The van der Waals surface area contributed by atoms with Gasteiger partial charge in [0.2, 0.25) is 0 Å². The quantitative estimate of drug-likeness (QED) is 0.841. The Morgan fingerprint density at radius 3 is 2.76 bits per heavy atom. The topological polar surface area (TPSA) is 82.8 Å². The fraction of sp³-hybridized carbons (Fsp3) is 0.600. The van der Waals surface area contributed by atoms with E-state index < -0.39 is 5.97 Å². The summed E-state index contributed by atoms with van der Waals surface area (Å²) in [6.45, 7) is 1.97. The van der Waals surface area contributed by atoms with E-state index in [2.05, 4.69) is 5.32 Å². The number of nitrogens with zero attached hydrogens (tertiary/aromatic N) is 1. The predicted molar refractivity (Wildman–Crippen MR) is 77.0 cm³/mol. The molecule has 2 N–H and O–H groups in total. The Balaban J connectivity index is 1.62. The van der Waals surface area contributed by atoms with E-state index in [9.17, 15) is 9.59 Å². The van der Waals surface area contributed by atoms with Gasteiger partial charge in [-0.2, -0.15) is 0 Å². The van der Waals surface area contributed by atoms with E-state index in [4.69, 9.17) is 9.52 Å². The lowest BCUT2D eigenvalue weighted by atomic mass is 9.92. The van der Waals surface area contributed by atoms with Crippen LogP contribution in [0.4, 0.5) is 4.79 Å². The fourth-order valence-corrected chi connectivity index (χ4v) is 2.61. The number of carbonyl (C=O) groups is 2. The lowest BCUT2D eigenvalue weighted by molar-refractivity contribution is -0.137. The van der Waals surface area contributed by atoms with Gasteiger partial charge in [-0.1, -0.05) is 0 Å². The van der Waals surface area contributed by atoms with Gasteiger partial charge in [-0.3, -0.25) is 4.79 Å². The van der Waals surface area contributed by atoms with Crippen molar-refractivity contribution in [2.75, 3.05) is 19.6 Å². The number of carboxylic acid groups (broad SMARTS) is 1. The van der Waals surface area contributed by atoms with Crippen LogP contribution in [-0.2, 0) is 11.2 Å². The molecule has 116 valence electrons. The van der Waals surface area contributed by atoms with Crippen LogP contribution >= 0.6 is 0 Å². The van der Waals surface area contributed by atoms with Gasteiger partial charge in [0.1, 0.15) is 5.76 Å². The van der Waals surface area contributed by atoms with Gasteiger partial charge in [-0.05, 0) is 37.3 Å². The van der Waals surface area contributed by atoms with Crippen molar-refractivity contribution in [3.8, 4) is 0 Å². The Hall–Kier alpha value is -1.98. The number of hydrogen-bond acceptors (Lipinski definition) is 3. The summed E-state index contributed by atoms with van der Waals surface area (Å²) in [4.78, 5) is 24.3. The molecule has 0 atom stereocenters. The molecule has 2 heterocycles. The molecule has 6 heteroatoms. The first-order valence-electron chi connectivity index (χ1n) is 7.42. The van der Waals surface area contributed by atoms with Gasteiger partial charge in [0, 0.05) is 32.5 Å². The molecular formula is C15H22N2O4. The summed E-state index contributed by atoms with van der Waals surface area (Å²) in [7, 11) is 0. The highest BCUT2D eigenvalue weighted by Crippen LogP contribution is 2.21. The van der Waals surface area contributed by atoms with Crippen molar-refractivity contribution in [1.82, 2.24) is 10.2 Å². The van der Waals surface area contributed by atoms with Crippen LogP contribution in [0, 0.1) is 5.92 Å². The number of urea groups is 1. The average Bonchev–Trinajstić information content (AvgIpc) is 2.99. The largest absolute Gasteiger partial charge is 0.481 e. The van der Waals surface area contributed by atoms with Crippen molar-refractivity contribution in [3.05, 3.63) is 24.2 Å². The molecule has 2 amide bonds. The van der Waals surface area contributed by atoms with E-state index >= 15 is 0 Å². The Morgan fingerprint density at radius 2 is 2.14 bits per heavy atom. The molecule has 1 aliphatic rings. The van der Waals surface area contributed by atoms with Crippen LogP contribution in [0.25, 0.3) is 0 Å². The Labute approximate surface area is 124 Å². The van der Waals surface area contributed by atoms with E-state index in [-0.39, 0.29) is 12.5 Å². The zero-order valence-electron chi connectivity index (χ0n) is 12.1. The molecule has 0 saturated carbocycles. The van der Waals surface area contributed by atoms with E-state index in [1.54, 1.807) is 11.2 Å². The summed E-state index contributed by atoms with van der Waals surface area (Å²) in [5.74, 6) is 0.545. The number of piperidine rings is 1. The molecule has 0 aliphatic carbocycles. The third kappa shape index (κ3) is 5.13. The highest BCUT2D eigenvalue weighted by molar-refractivity contribution is 5.74. The zero-order chi connectivity index (χ0) is 15.1. The second-order valence-electron chi connectivity index (χ2n) is 5.42. The summed E-state index contributed by atoms with van der Waals surface area (Å²) in [6.07, 6.45) is 5.02. The summed E-state index contributed by atoms with van der Waals surface area (Å²) in [5, 5.41) is 11.6. The van der Waals surface area contributed by atoms with Crippen LogP contribution in [0.1, 0.15) is 31.4 Å². The van der Waals surface area contributed by atoms with Crippen LogP contribution < -0.4 is 5.32 Å². The SMILES string of the molecule is O=C(O)CCC1CCN(C(=O)NCCc2ccco2)CC1. The van der Waals surface area contributed by atoms with E-state index in [0.29, 0.717) is 38.4 Å². The van der Waals surface area contributed by atoms with E-state index in [1.807, 2.05) is 12.1 Å². The first-order chi connectivity index (χ1) is 10.1. The van der Waals surface area contributed by atoms with Gasteiger partial charge < -0.3 is 19.7 Å². The van der Waals surface area contributed by atoms with E-state index in [1.165, 1.54) is 0 Å². The molecule has 0 unspecified atom stereocenters. The van der Waals surface area contributed by atoms with Crippen LogP contribution in [0.2, 0.25) is 0 Å². The van der Waals surface area contributed by atoms with Gasteiger partial charge >= 0.3 is 12.0 Å².